The third-order valence-electron chi connectivity index (χ3n) is 5.22. The molecule has 0 saturated carbocycles. The second-order valence-corrected chi connectivity index (χ2v) is 7.20. The van der Waals surface area contributed by atoms with E-state index in [1.807, 2.05) is 0 Å². The number of unbranched alkanes of at least 4 members (excludes halogenated alkanes) is 1. The van der Waals surface area contributed by atoms with Crippen LogP contribution in [-0.4, -0.2) is 18.4 Å². The maximum Gasteiger partial charge on any atom is 0.416 e. The maximum atomic E-state index is 13.0. The van der Waals surface area contributed by atoms with Crippen LogP contribution in [-0.2, 0) is 6.18 Å². The average molecular weight is 412 g/mol. The van der Waals surface area contributed by atoms with Crippen LogP contribution >= 0.6 is 0 Å². The van der Waals surface area contributed by atoms with Crippen molar-refractivity contribution in [2.45, 2.75) is 25.9 Å². The predicted octanol–water partition coefficient (Wildman–Crippen LogP) is 5.87. The molecule has 1 heterocycles. The van der Waals surface area contributed by atoms with Crippen LogP contribution in [0.5, 0.6) is 0 Å². The molecule has 3 aromatic rings. The van der Waals surface area contributed by atoms with Crippen LogP contribution in [0.2, 0.25) is 0 Å². The number of nitrogens with zero attached hydrogens (tertiary/aromatic N) is 1. The van der Waals surface area contributed by atoms with Gasteiger partial charge in [0.2, 0.25) is 0 Å². The van der Waals surface area contributed by atoms with Crippen LogP contribution in [0.25, 0.3) is 10.8 Å². The lowest BCUT2D eigenvalue weighted by Gasteiger charge is -2.18. The Morgan fingerprint density at radius 2 is 1.83 bits per heavy atom. The van der Waals surface area contributed by atoms with Crippen LogP contribution in [0.4, 0.5) is 24.5 Å². The van der Waals surface area contributed by atoms with Gasteiger partial charge in [-0.05, 0) is 42.8 Å². The van der Waals surface area contributed by atoms with Gasteiger partial charge < -0.3 is 10.2 Å². The van der Waals surface area contributed by atoms with Crippen molar-refractivity contribution in [3.63, 3.8) is 0 Å². The molecule has 4 rings (SSSR count). The highest BCUT2D eigenvalue weighted by molar-refractivity contribution is 6.27. The van der Waals surface area contributed by atoms with Gasteiger partial charge in [-0.15, -0.1) is 0 Å². The van der Waals surface area contributed by atoms with Crippen LogP contribution in [0.15, 0.2) is 54.6 Å². The highest BCUT2D eigenvalue weighted by Crippen LogP contribution is 2.41. The van der Waals surface area contributed by atoms with E-state index in [0.29, 0.717) is 23.2 Å². The van der Waals surface area contributed by atoms with Gasteiger partial charge in [0.05, 0.1) is 11.3 Å². The molecule has 1 aliphatic rings. The van der Waals surface area contributed by atoms with Crippen LogP contribution in [0, 0.1) is 0 Å². The van der Waals surface area contributed by atoms with Gasteiger partial charge in [0.25, 0.3) is 11.8 Å². The van der Waals surface area contributed by atoms with Crippen LogP contribution < -0.4 is 10.2 Å². The molecule has 0 spiro atoms. The fourth-order valence-electron chi connectivity index (χ4n) is 3.72. The molecule has 3 aromatic carbocycles. The van der Waals surface area contributed by atoms with Crippen molar-refractivity contribution < 1.29 is 22.8 Å². The number of carbonyl (C=O) groups is 2. The van der Waals surface area contributed by atoms with E-state index in [1.165, 1.54) is 12.1 Å². The third kappa shape index (κ3) is 3.40. The van der Waals surface area contributed by atoms with Gasteiger partial charge in [-0.25, -0.2) is 0 Å². The molecule has 0 saturated heterocycles. The number of carbonyl (C=O) groups excluding carboxylic acids is 2. The van der Waals surface area contributed by atoms with Gasteiger partial charge in [-0.2, -0.15) is 13.2 Å². The highest BCUT2D eigenvalue weighted by atomic mass is 19.4. The van der Waals surface area contributed by atoms with Crippen molar-refractivity contribution >= 4 is 34.0 Å². The third-order valence-corrected chi connectivity index (χ3v) is 5.22. The molecular weight excluding hydrogens is 393 g/mol. The zero-order valence-corrected chi connectivity index (χ0v) is 16.2. The summed E-state index contributed by atoms with van der Waals surface area (Å²) in [6, 6.07) is 13.0. The Labute approximate surface area is 171 Å². The first-order chi connectivity index (χ1) is 14.3. The molecule has 1 aliphatic heterocycles. The smallest absolute Gasteiger partial charge is 0.321 e. The molecule has 0 fully saturated rings. The summed E-state index contributed by atoms with van der Waals surface area (Å²) < 4.78 is 38.9. The van der Waals surface area contributed by atoms with Crippen molar-refractivity contribution in [3.8, 4) is 0 Å². The minimum absolute atomic E-state index is 0.0783. The van der Waals surface area contributed by atoms with E-state index in [1.54, 1.807) is 35.2 Å². The average Bonchev–Trinajstić information content (AvgIpc) is 3.00. The standard InChI is InChI=1S/C23H19F3N2O2/c1-2-3-12-28-19-11-10-18(16-8-5-9-17(20(16)19)22(28)30)27-21(29)14-6-4-7-15(13-14)23(24,25)26/h4-11,13H,2-3,12H2,1H3,(H,27,29). The molecule has 0 atom stereocenters. The molecule has 7 heteroatoms. The Hall–Kier alpha value is -3.35. The van der Waals surface area contributed by atoms with E-state index < -0.39 is 17.6 Å². The Balaban J connectivity index is 1.70. The quantitative estimate of drug-likeness (QED) is 0.570. The Bertz CT molecular complexity index is 1150. The minimum Gasteiger partial charge on any atom is -0.321 e. The molecule has 0 bridgehead atoms. The van der Waals surface area contributed by atoms with Crippen molar-refractivity contribution in [2.75, 3.05) is 16.8 Å². The number of benzene rings is 3. The van der Waals surface area contributed by atoms with E-state index in [-0.39, 0.29) is 11.5 Å². The van der Waals surface area contributed by atoms with Gasteiger partial charge in [0, 0.05) is 34.1 Å². The second kappa shape index (κ2) is 7.48. The largest absolute Gasteiger partial charge is 0.416 e. The SMILES string of the molecule is CCCCN1C(=O)c2cccc3c(NC(=O)c4cccc(C(F)(F)F)c4)ccc1c23. The van der Waals surface area contributed by atoms with Crippen molar-refractivity contribution in [1.29, 1.82) is 0 Å². The lowest BCUT2D eigenvalue weighted by Crippen LogP contribution is -2.27. The number of hydrogen-bond acceptors (Lipinski definition) is 2. The number of rotatable bonds is 5. The summed E-state index contributed by atoms with van der Waals surface area (Å²) in [6.07, 6.45) is -2.70. The molecule has 0 radical (unpaired) electrons. The normalized spacial score (nSPS) is 13.2. The number of anilines is 2. The molecule has 0 unspecified atom stereocenters. The van der Waals surface area contributed by atoms with E-state index in [0.717, 1.165) is 36.0 Å². The van der Waals surface area contributed by atoms with E-state index >= 15 is 0 Å². The predicted molar refractivity (Wildman–Crippen MR) is 110 cm³/mol. The highest BCUT2D eigenvalue weighted by Gasteiger charge is 2.32. The van der Waals surface area contributed by atoms with Gasteiger partial charge in [-0.3, -0.25) is 9.59 Å². The first kappa shape index (κ1) is 19.9. The zero-order chi connectivity index (χ0) is 21.5. The zero-order valence-electron chi connectivity index (χ0n) is 16.2. The van der Waals surface area contributed by atoms with E-state index in [2.05, 4.69) is 12.2 Å². The number of amides is 2. The number of nitrogens with one attached hydrogen (secondary N) is 1. The molecule has 0 aliphatic carbocycles. The monoisotopic (exact) mass is 412 g/mol. The van der Waals surface area contributed by atoms with Crippen LogP contribution in [0.3, 0.4) is 0 Å². The number of halogens is 3. The van der Waals surface area contributed by atoms with Gasteiger partial charge in [0.1, 0.15) is 0 Å². The van der Waals surface area contributed by atoms with Crippen LogP contribution in [0.1, 0.15) is 46.0 Å². The summed E-state index contributed by atoms with van der Waals surface area (Å²) in [7, 11) is 0. The summed E-state index contributed by atoms with van der Waals surface area (Å²) in [4.78, 5) is 27.2. The summed E-state index contributed by atoms with van der Waals surface area (Å²) in [5, 5.41) is 4.13. The van der Waals surface area contributed by atoms with Gasteiger partial charge >= 0.3 is 6.18 Å². The molecule has 0 aromatic heterocycles. The maximum absolute atomic E-state index is 13.0. The van der Waals surface area contributed by atoms with Gasteiger partial charge in [0.15, 0.2) is 0 Å². The molecule has 30 heavy (non-hydrogen) atoms. The fraction of sp³-hybridized carbons (Fsp3) is 0.217. The lowest BCUT2D eigenvalue weighted by molar-refractivity contribution is -0.137. The lowest BCUT2D eigenvalue weighted by atomic mass is 10.0. The summed E-state index contributed by atoms with van der Waals surface area (Å²) in [5.41, 5.74) is 0.828. The summed E-state index contributed by atoms with van der Waals surface area (Å²) in [5.74, 6) is -0.723. The second-order valence-electron chi connectivity index (χ2n) is 7.20. The molecular formula is C23H19F3N2O2. The van der Waals surface area contributed by atoms with Crippen molar-refractivity contribution in [1.82, 2.24) is 0 Å². The van der Waals surface area contributed by atoms with E-state index in [4.69, 9.17) is 0 Å². The molecule has 2 amide bonds. The number of alkyl halides is 3. The first-order valence-corrected chi connectivity index (χ1v) is 9.67. The Morgan fingerprint density at radius 1 is 1.07 bits per heavy atom. The fourth-order valence-corrected chi connectivity index (χ4v) is 3.72. The summed E-state index contributed by atoms with van der Waals surface area (Å²) >= 11 is 0. The summed E-state index contributed by atoms with van der Waals surface area (Å²) in [6.45, 7) is 2.66. The Morgan fingerprint density at radius 3 is 2.57 bits per heavy atom. The first-order valence-electron chi connectivity index (χ1n) is 9.67. The number of hydrogen-bond donors (Lipinski definition) is 1. The topological polar surface area (TPSA) is 49.4 Å². The van der Waals surface area contributed by atoms with Crippen molar-refractivity contribution in [2.24, 2.45) is 0 Å². The molecule has 154 valence electrons. The van der Waals surface area contributed by atoms with Gasteiger partial charge in [-0.1, -0.05) is 31.5 Å². The molecule has 1 N–H and O–H groups in total. The van der Waals surface area contributed by atoms with Crippen molar-refractivity contribution in [3.05, 3.63) is 71.3 Å². The van der Waals surface area contributed by atoms with E-state index in [9.17, 15) is 22.8 Å². The Kier molecular flexibility index (Phi) is 4.97. The molecule has 4 nitrogen and oxygen atoms in total. The minimum atomic E-state index is -4.53.